The summed E-state index contributed by atoms with van der Waals surface area (Å²) in [5.74, 6) is 0.196. The topological polar surface area (TPSA) is 68.3 Å². The zero-order valence-electron chi connectivity index (χ0n) is 22.5. The SMILES string of the molecule is CCOc1cc(/C=C2/C(=O)N(c3ccc(Cl)cc3)C(=S)N2CC(=O)OC)ccc1OCc1ccc2ccccc2c1. The Morgan fingerprint density at radius 1 is 0.927 bits per heavy atom. The molecule has 5 rings (SSSR count). The van der Waals surface area contributed by atoms with Crippen molar-refractivity contribution >= 4 is 63.3 Å². The van der Waals surface area contributed by atoms with Crippen molar-refractivity contribution in [3.05, 3.63) is 107 Å². The van der Waals surface area contributed by atoms with Gasteiger partial charge in [-0.05, 0) is 89.6 Å². The highest BCUT2D eigenvalue weighted by atomic mass is 35.5. The number of thiocarbonyl (C=S) groups is 1. The molecule has 208 valence electrons. The molecule has 1 fully saturated rings. The molecule has 1 saturated heterocycles. The van der Waals surface area contributed by atoms with E-state index in [2.05, 4.69) is 24.3 Å². The number of carbonyl (C=O) groups excluding carboxylic acids is 2. The summed E-state index contributed by atoms with van der Waals surface area (Å²) < 4.78 is 16.9. The molecule has 1 heterocycles. The van der Waals surface area contributed by atoms with E-state index in [1.165, 1.54) is 22.3 Å². The van der Waals surface area contributed by atoms with E-state index in [-0.39, 0.29) is 23.3 Å². The average Bonchev–Trinajstić information content (AvgIpc) is 3.21. The van der Waals surface area contributed by atoms with Crippen LogP contribution >= 0.6 is 23.8 Å². The van der Waals surface area contributed by atoms with Crippen LogP contribution in [-0.4, -0.2) is 42.2 Å². The molecule has 0 unspecified atom stereocenters. The minimum Gasteiger partial charge on any atom is -0.490 e. The van der Waals surface area contributed by atoms with Crippen molar-refractivity contribution in [3.8, 4) is 11.5 Å². The lowest BCUT2D eigenvalue weighted by atomic mass is 10.1. The Morgan fingerprint density at radius 3 is 2.41 bits per heavy atom. The van der Waals surface area contributed by atoms with Gasteiger partial charge in [0.1, 0.15) is 18.8 Å². The molecule has 0 saturated carbocycles. The van der Waals surface area contributed by atoms with Crippen LogP contribution in [0.1, 0.15) is 18.1 Å². The number of carbonyl (C=O) groups is 2. The Labute approximate surface area is 248 Å². The van der Waals surface area contributed by atoms with Crippen LogP contribution in [0, 0.1) is 0 Å². The lowest BCUT2D eigenvalue weighted by Gasteiger charge is -2.19. The lowest BCUT2D eigenvalue weighted by molar-refractivity contribution is -0.140. The zero-order valence-corrected chi connectivity index (χ0v) is 24.1. The molecule has 0 aromatic heterocycles. The number of hydrogen-bond donors (Lipinski definition) is 0. The molecule has 0 aliphatic carbocycles. The van der Waals surface area contributed by atoms with Crippen LogP contribution in [-0.2, 0) is 20.9 Å². The first kappa shape index (κ1) is 28.1. The maximum atomic E-state index is 13.6. The lowest BCUT2D eigenvalue weighted by Crippen LogP contribution is -2.35. The Morgan fingerprint density at radius 2 is 1.68 bits per heavy atom. The number of esters is 1. The van der Waals surface area contributed by atoms with Gasteiger partial charge >= 0.3 is 5.97 Å². The van der Waals surface area contributed by atoms with Crippen molar-refractivity contribution in [1.82, 2.24) is 4.90 Å². The molecule has 41 heavy (non-hydrogen) atoms. The van der Waals surface area contributed by atoms with Gasteiger partial charge in [-0.3, -0.25) is 14.5 Å². The molecule has 0 atom stereocenters. The van der Waals surface area contributed by atoms with E-state index < -0.39 is 5.97 Å². The largest absolute Gasteiger partial charge is 0.490 e. The summed E-state index contributed by atoms with van der Waals surface area (Å²) in [5, 5.41) is 3.00. The molecule has 1 aliphatic heterocycles. The number of methoxy groups -OCH3 is 1. The van der Waals surface area contributed by atoms with Gasteiger partial charge in [0.2, 0.25) is 0 Å². The molecular weight excluding hydrogens is 560 g/mol. The minimum absolute atomic E-state index is 0.161. The number of amides is 1. The molecule has 0 bridgehead atoms. The molecule has 4 aromatic rings. The molecule has 0 N–H and O–H groups in total. The summed E-state index contributed by atoms with van der Waals surface area (Å²) in [6.07, 6.45) is 1.67. The van der Waals surface area contributed by atoms with Crippen LogP contribution in [0.15, 0.2) is 90.6 Å². The van der Waals surface area contributed by atoms with E-state index in [1.807, 2.05) is 31.2 Å². The molecule has 0 spiro atoms. The number of benzene rings is 4. The Balaban J connectivity index is 1.43. The Kier molecular flexibility index (Phi) is 8.52. The fourth-order valence-corrected chi connectivity index (χ4v) is 4.97. The number of halogens is 1. The Hall–Kier alpha value is -4.40. The van der Waals surface area contributed by atoms with Crippen molar-refractivity contribution in [2.75, 3.05) is 25.2 Å². The molecule has 1 aliphatic rings. The van der Waals surface area contributed by atoms with E-state index in [0.717, 1.165) is 10.9 Å². The molecule has 4 aromatic carbocycles. The highest BCUT2D eigenvalue weighted by Gasteiger charge is 2.40. The number of fused-ring (bicyclic) bond motifs is 1. The van der Waals surface area contributed by atoms with E-state index in [4.69, 9.17) is 38.0 Å². The normalized spacial score (nSPS) is 14.2. The third kappa shape index (κ3) is 6.19. The predicted octanol–water partition coefficient (Wildman–Crippen LogP) is 6.62. The first-order chi connectivity index (χ1) is 19.9. The van der Waals surface area contributed by atoms with E-state index in [1.54, 1.807) is 42.5 Å². The minimum atomic E-state index is -0.531. The molecular formula is C32H27ClN2O5S. The summed E-state index contributed by atoms with van der Waals surface area (Å²) in [6, 6.07) is 26.5. The highest BCUT2D eigenvalue weighted by molar-refractivity contribution is 7.80. The van der Waals surface area contributed by atoms with Crippen LogP contribution in [0.2, 0.25) is 5.02 Å². The first-order valence-electron chi connectivity index (χ1n) is 12.9. The molecule has 0 radical (unpaired) electrons. The maximum Gasteiger partial charge on any atom is 0.325 e. The zero-order chi connectivity index (χ0) is 28.9. The van der Waals surface area contributed by atoms with Crippen molar-refractivity contribution < 1.29 is 23.8 Å². The van der Waals surface area contributed by atoms with E-state index >= 15 is 0 Å². The third-order valence-electron chi connectivity index (χ3n) is 6.51. The second kappa shape index (κ2) is 12.4. The van der Waals surface area contributed by atoms with Gasteiger partial charge < -0.3 is 19.1 Å². The van der Waals surface area contributed by atoms with Crippen LogP contribution in [0.4, 0.5) is 5.69 Å². The van der Waals surface area contributed by atoms with E-state index in [9.17, 15) is 9.59 Å². The number of nitrogens with zero attached hydrogens (tertiary/aromatic N) is 2. The van der Waals surface area contributed by atoms with Gasteiger partial charge in [-0.2, -0.15) is 0 Å². The fourth-order valence-electron chi connectivity index (χ4n) is 4.49. The molecule has 7 nitrogen and oxygen atoms in total. The molecule has 1 amide bonds. The van der Waals surface area contributed by atoms with Crippen LogP contribution < -0.4 is 14.4 Å². The summed E-state index contributed by atoms with van der Waals surface area (Å²) in [7, 11) is 1.29. The van der Waals surface area contributed by atoms with Gasteiger partial charge in [0.15, 0.2) is 16.6 Å². The summed E-state index contributed by atoms with van der Waals surface area (Å²) in [6.45, 7) is 2.46. The number of rotatable bonds is 9. The Bertz CT molecular complexity index is 1650. The second-order valence-electron chi connectivity index (χ2n) is 9.20. The van der Waals surface area contributed by atoms with Gasteiger partial charge in [0.05, 0.1) is 19.4 Å². The smallest absolute Gasteiger partial charge is 0.325 e. The fraction of sp³-hybridized carbons (Fsp3) is 0.156. The van der Waals surface area contributed by atoms with Gasteiger partial charge in [-0.25, -0.2) is 0 Å². The number of ether oxygens (including phenoxy) is 3. The van der Waals surface area contributed by atoms with Gasteiger partial charge in [0, 0.05) is 5.02 Å². The standard InChI is InChI=1S/C32H27ClN2O5S/c1-3-39-29-18-21(9-15-28(29)40-20-22-8-10-23-6-4-5-7-24(23)16-22)17-27-31(37)35(26-13-11-25(33)12-14-26)32(41)34(27)19-30(36)38-2/h4-18H,3,19-20H2,1-2H3/b27-17-. The molecule has 9 heteroatoms. The van der Waals surface area contributed by atoms with Gasteiger partial charge in [-0.1, -0.05) is 54.1 Å². The summed E-state index contributed by atoms with van der Waals surface area (Å²) in [4.78, 5) is 28.6. The van der Waals surface area contributed by atoms with Gasteiger partial charge in [0.25, 0.3) is 5.91 Å². The quantitative estimate of drug-likeness (QED) is 0.124. The van der Waals surface area contributed by atoms with Crippen LogP contribution in [0.5, 0.6) is 11.5 Å². The summed E-state index contributed by atoms with van der Waals surface area (Å²) >= 11 is 11.7. The first-order valence-corrected chi connectivity index (χ1v) is 13.7. The van der Waals surface area contributed by atoms with Crippen LogP contribution in [0.3, 0.4) is 0 Å². The van der Waals surface area contributed by atoms with Crippen molar-refractivity contribution in [2.24, 2.45) is 0 Å². The summed E-state index contributed by atoms with van der Waals surface area (Å²) in [5.41, 5.74) is 2.46. The monoisotopic (exact) mass is 586 g/mol. The number of anilines is 1. The van der Waals surface area contributed by atoms with Gasteiger partial charge in [-0.15, -0.1) is 0 Å². The van der Waals surface area contributed by atoms with Crippen molar-refractivity contribution in [2.45, 2.75) is 13.5 Å². The van der Waals surface area contributed by atoms with Crippen molar-refractivity contribution in [1.29, 1.82) is 0 Å². The average molecular weight is 587 g/mol. The number of hydrogen-bond acceptors (Lipinski definition) is 6. The second-order valence-corrected chi connectivity index (χ2v) is 10.0. The van der Waals surface area contributed by atoms with Crippen molar-refractivity contribution in [3.63, 3.8) is 0 Å². The van der Waals surface area contributed by atoms with E-state index in [0.29, 0.717) is 41.0 Å². The maximum absolute atomic E-state index is 13.6. The highest BCUT2D eigenvalue weighted by Crippen LogP contribution is 2.33. The third-order valence-corrected chi connectivity index (χ3v) is 7.17. The van der Waals surface area contributed by atoms with Crippen LogP contribution in [0.25, 0.3) is 16.8 Å². The predicted molar refractivity (Wildman–Crippen MR) is 164 cm³/mol.